The lowest BCUT2D eigenvalue weighted by Crippen LogP contribution is -2.36. The third-order valence-electron chi connectivity index (χ3n) is 4.08. The topological polar surface area (TPSA) is 46.2 Å². The van der Waals surface area contributed by atoms with Gasteiger partial charge in [0.25, 0.3) is 0 Å². The summed E-state index contributed by atoms with van der Waals surface area (Å²) < 4.78 is 27.7. The van der Waals surface area contributed by atoms with Gasteiger partial charge in [-0.1, -0.05) is 36.4 Å². The second-order valence-corrected chi connectivity index (χ2v) is 8.40. The molecule has 0 unspecified atom stereocenters. The molecule has 1 aromatic carbocycles. The molecule has 0 aliphatic heterocycles. The van der Waals surface area contributed by atoms with Gasteiger partial charge in [-0.3, -0.25) is 0 Å². The molecule has 2 aromatic rings. The van der Waals surface area contributed by atoms with Crippen molar-refractivity contribution >= 4 is 21.4 Å². The number of sulfonamides is 1. The van der Waals surface area contributed by atoms with Gasteiger partial charge in [0.1, 0.15) is 4.21 Å². The molecular weight excluding hydrogens is 302 g/mol. The van der Waals surface area contributed by atoms with E-state index >= 15 is 0 Å². The average Bonchev–Trinajstić information content (AvgIpc) is 3.04. The molecule has 112 valence electrons. The molecule has 3 rings (SSSR count). The lowest BCUT2D eigenvalue weighted by molar-refractivity contribution is 0.374. The Morgan fingerprint density at radius 3 is 2.29 bits per heavy atom. The van der Waals surface area contributed by atoms with E-state index in [-0.39, 0.29) is 6.04 Å². The molecule has 1 heterocycles. The van der Waals surface area contributed by atoms with Gasteiger partial charge in [-0.2, -0.15) is 0 Å². The molecule has 0 amide bonds. The van der Waals surface area contributed by atoms with Crippen molar-refractivity contribution in [1.82, 2.24) is 4.72 Å². The van der Waals surface area contributed by atoms with Gasteiger partial charge in [0, 0.05) is 6.04 Å². The summed E-state index contributed by atoms with van der Waals surface area (Å²) in [5.74, 6) is 0.564. The molecule has 1 aromatic heterocycles. The fourth-order valence-electron chi connectivity index (χ4n) is 2.96. The van der Waals surface area contributed by atoms with Crippen molar-refractivity contribution in [3.63, 3.8) is 0 Å². The van der Waals surface area contributed by atoms with Crippen molar-refractivity contribution in [1.29, 1.82) is 0 Å². The van der Waals surface area contributed by atoms with Crippen LogP contribution in [0.5, 0.6) is 0 Å². The van der Waals surface area contributed by atoms with E-state index in [1.54, 1.807) is 17.5 Å². The maximum absolute atomic E-state index is 12.2. The van der Waals surface area contributed by atoms with Gasteiger partial charge in [0.15, 0.2) is 0 Å². The zero-order valence-corrected chi connectivity index (χ0v) is 13.4. The summed E-state index contributed by atoms with van der Waals surface area (Å²) in [5.41, 5.74) is 1.37. The number of hydrogen-bond acceptors (Lipinski definition) is 3. The Labute approximate surface area is 130 Å². The summed E-state index contributed by atoms with van der Waals surface area (Å²) in [6.45, 7) is 0. The summed E-state index contributed by atoms with van der Waals surface area (Å²) in [5, 5.41) is 1.79. The third-order valence-corrected chi connectivity index (χ3v) is 7.00. The van der Waals surface area contributed by atoms with Crippen LogP contribution in [-0.4, -0.2) is 14.5 Å². The summed E-state index contributed by atoms with van der Waals surface area (Å²) in [6.07, 6.45) is 3.90. The molecule has 0 spiro atoms. The number of rotatable bonds is 4. The second-order valence-electron chi connectivity index (χ2n) is 5.51. The van der Waals surface area contributed by atoms with E-state index in [0.29, 0.717) is 10.1 Å². The fourth-order valence-corrected chi connectivity index (χ4v) is 5.28. The Hall–Kier alpha value is -1.17. The van der Waals surface area contributed by atoms with Gasteiger partial charge in [-0.25, -0.2) is 13.1 Å². The minimum Gasteiger partial charge on any atom is -0.207 e. The third kappa shape index (κ3) is 3.54. The van der Waals surface area contributed by atoms with Crippen LogP contribution in [0, 0.1) is 0 Å². The van der Waals surface area contributed by atoms with Crippen molar-refractivity contribution in [2.45, 2.75) is 41.9 Å². The van der Waals surface area contributed by atoms with Gasteiger partial charge < -0.3 is 0 Å². The highest BCUT2D eigenvalue weighted by molar-refractivity contribution is 7.91. The first-order valence-corrected chi connectivity index (χ1v) is 9.62. The number of thiophene rings is 1. The molecule has 5 heteroatoms. The average molecular weight is 321 g/mol. The minimum atomic E-state index is -3.33. The van der Waals surface area contributed by atoms with Gasteiger partial charge in [-0.15, -0.1) is 11.3 Å². The van der Waals surface area contributed by atoms with E-state index in [0.717, 1.165) is 25.7 Å². The second kappa shape index (κ2) is 6.30. The van der Waals surface area contributed by atoms with Crippen LogP contribution in [0.25, 0.3) is 0 Å². The molecule has 1 fully saturated rings. The van der Waals surface area contributed by atoms with Crippen LogP contribution in [0.15, 0.2) is 52.1 Å². The normalized spacial score (nSPS) is 23.0. The Morgan fingerprint density at radius 2 is 1.67 bits per heavy atom. The highest BCUT2D eigenvalue weighted by atomic mass is 32.2. The maximum Gasteiger partial charge on any atom is 0.250 e. The lowest BCUT2D eigenvalue weighted by atomic mass is 9.82. The Balaban J connectivity index is 1.59. The quantitative estimate of drug-likeness (QED) is 0.932. The largest absolute Gasteiger partial charge is 0.250 e. The molecule has 21 heavy (non-hydrogen) atoms. The summed E-state index contributed by atoms with van der Waals surface area (Å²) >= 11 is 1.27. The molecule has 0 saturated heterocycles. The van der Waals surface area contributed by atoms with Crippen LogP contribution in [0.2, 0.25) is 0 Å². The fraction of sp³-hybridized carbons (Fsp3) is 0.375. The Kier molecular flexibility index (Phi) is 4.42. The predicted octanol–water partition coefficient (Wildman–Crippen LogP) is 3.75. The molecule has 1 aliphatic carbocycles. The molecule has 0 radical (unpaired) electrons. The van der Waals surface area contributed by atoms with Crippen LogP contribution in [0.1, 0.15) is 37.2 Å². The van der Waals surface area contributed by atoms with Crippen molar-refractivity contribution < 1.29 is 8.42 Å². The molecule has 3 nitrogen and oxygen atoms in total. The maximum atomic E-state index is 12.2. The Morgan fingerprint density at radius 1 is 0.952 bits per heavy atom. The lowest BCUT2D eigenvalue weighted by Gasteiger charge is -2.29. The van der Waals surface area contributed by atoms with Crippen molar-refractivity contribution in [3.05, 3.63) is 53.4 Å². The number of nitrogens with one attached hydrogen (secondary N) is 1. The van der Waals surface area contributed by atoms with Crippen molar-refractivity contribution in [2.24, 2.45) is 0 Å². The monoisotopic (exact) mass is 321 g/mol. The SMILES string of the molecule is O=S(=O)(NC1CCC(c2ccccc2)CC1)c1cccs1. The van der Waals surface area contributed by atoms with Gasteiger partial charge in [0.05, 0.1) is 0 Å². The molecule has 1 aliphatic rings. The molecule has 1 saturated carbocycles. The first-order valence-electron chi connectivity index (χ1n) is 7.26. The molecule has 0 atom stereocenters. The van der Waals surface area contributed by atoms with Crippen LogP contribution in [-0.2, 0) is 10.0 Å². The minimum absolute atomic E-state index is 0.0667. The summed E-state index contributed by atoms with van der Waals surface area (Å²) in [4.78, 5) is 0. The van der Waals surface area contributed by atoms with E-state index in [1.807, 2.05) is 6.07 Å². The van der Waals surface area contributed by atoms with Crippen LogP contribution in [0.3, 0.4) is 0 Å². The van der Waals surface area contributed by atoms with Crippen LogP contribution in [0.4, 0.5) is 0 Å². The van der Waals surface area contributed by atoms with Crippen LogP contribution >= 0.6 is 11.3 Å². The van der Waals surface area contributed by atoms with Crippen molar-refractivity contribution in [3.8, 4) is 0 Å². The Bertz CT molecular complexity index is 658. The van der Waals surface area contributed by atoms with E-state index in [2.05, 4.69) is 29.0 Å². The number of hydrogen-bond donors (Lipinski definition) is 1. The zero-order valence-electron chi connectivity index (χ0n) is 11.7. The van der Waals surface area contributed by atoms with Gasteiger partial charge in [-0.05, 0) is 48.6 Å². The summed E-state index contributed by atoms with van der Waals surface area (Å²) in [7, 11) is -3.33. The van der Waals surface area contributed by atoms with E-state index in [9.17, 15) is 8.42 Å². The molecular formula is C16H19NO2S2. The van der Waals surface area contributed by atoms with Crippen molar-refractivity contribution in [2.75, 3.05) is 0 Å². The van der Waals surface area contributed by atoms with Gasteiger partial charge >= 0.3 is 0 Å². The molecule has 1 N–H and O–H groups in total. The first kappa shape index (κ1) is 14.8. The predicted molar refractivity (Wildman–Crippen MR) is 86.1 cm³/mol. The van der Waals surface area contributed by atoms with E-state index in [4.69, 9.17) is 0 Å². The standard InChI is InChI=1S/C16H19NO2S2/c18-21(19,16-7-4-12-20-16)17-15-10-8-14(9-11-15)13-5-2-1-3-6-13/h1-7,12,14-15,17H,8-11H2. The van der Waals surface area contributed by atoms with E-state index in [1.165, 1.54) is 16.9 Å². The smallest absolute Gasteiger partial charge is 0.207 e. The van der Waals surface area contributed by atoms with Crippen LogP contribution < -0.4 is 4.72 Å². The highest BCUT2D eigenvalue weighted by Crippen LogP contribution is 2.33. The molecule has 0 bridgehead atoms. The zero-order chi connectivity index (χ0) is 14.7. The number of benzene rings is 1. The highest BCUT2D eigenvalue weighted by Gasteiger charge is 2.26. The van der Waals surface area contributed by atoms with Gasteiger partial charge in [0.2, 0.25) is 10.0 Å². The summed E-state index contributed by atoms with van der Waals surface area (Å²) in [6, 6.07) is 14.0. The van der Waals surface area contributed by atoms with E-state index < -0.39 is 10.0 Å². The first-order chi connectivity index (χ1) is 10.1.